The molecule has 0 N–H and O–H groups in total. The first kappa shape index (κ1) is 13.7. The van der Waals surface area contributed by atoms with Crippen molar-refractivity contribution in [1.29, 1.82) is 0 Å². The summed E-state index contributed by atoms with van der Waals surface area (Å²) in [6, 6.07) is 6.85. The number of carbonyl (C=O) groups is 1. The van der Waals surface area contributed by atoms with E-state index >= 15 is 0 Å². The van der Waals surface area contributed by atoms with Crippen LogP contribution in [0.5, 0.6) is 0 Å². The first-order chi connectivity index (χ1) is 10.1. The first-order valence-corrected chi connectivity index (χ1v) is 6.80. The van der Waals surface area contributed by atoms with Crippen molar-refractivity contribution in [3.8, 4) is 0 Å². The molecule has 1 aliphatic rings. The lowest BCUT2D eigenvalue weighted by molar-refractivity contribution is 0.0728. The van der Waals surface area contributed by atoms with Gasteiger partial charge in [-0.3, -0.25) is 9.78 Å². The second-order valence-electron chi connectivity index (χ2n) is 5.14. The molecule has 0 saturated heterocycles. The summed E-state index contributed by atoms with van der Waals surface area (Å²) in [6.07, 6.45) is 4.94. The first-order valence-electron chi connectivity index (χ1n) is 6.80. The number of hydrogen-bond acceptors (Lipinski definition) is 2. The van der Waals surface area contributed by atoms with Gasteiger partial charge in [0.2, 0.25) is 0 Å². The van der Waals surface area contributed by atoms with E-state index in [1.165, 1.54) is 12.1 Å². The van der Waals surface area contributed by atoms with Crippen LogP contribution in [0.4, 0.5) is 8.78 Å². The number of aromatic nitrogens is 1. The molecule has 0 unspecified atom stereocenters. The zero-order valence-corrected chi connectivity index (χ0v) is 11.3. The summed E-state index contributed by atoms with van der Waals surface area (Å²) in [5, 5.41) is 0. The van der Waals surface area contributed by atoms with Gasteiger partial charge in [0.1, 0.15) is 11.6 Å². The molecule has 0 atom stereocenters. The fourth-order valence-corrected chi connectivity index (χ4v) is 2.25. The highest BCUT2D eigenvalue weighted by Crippen LogP contribution is 2.30. The minimum atomic E-state index is -0.622. The Morgan fingerprint density at radius 3 is 2.52 bits per heavy atom. The van der Waals surface area contributed by atoms with E-state index < -0.39 is 11.6 Å². The summed E-state index contributed by atoms with van der Waals surface area (Å²) in [5.41, 5.74) is 0.852. The van der Waals surface area contributed by atoms with E-state index in [9.17, 15) is 13.6 Å². The molecule has 1 saturated carbocycles. The lowest BCUT2D eigenvalue weighted by Gasteiger charge is -2.23. The number of pyridine rings is 1. The topological polar surface area (TPSA) is 33.2 Å². The Bertz CT molecular complexity index is 657. The predicted molar refractivity (Wildman–Crippen MR) is 73.5 cm³/mol. The zero-order chi connectivity index (χ0) is 14.8. The number of rotatable bonds is 4. The Labute approximate surface area is 121 Å². The van der Waals surface area contributed by atoms with E-state index in [1.54, 1.807) is 29.4 Å². The third-order valence-electron chi connectivity index (χ3n) is 3.53. The van der Waals surface area contributed by atoms with Gasteiger partial charge in [-0.25, -0.2) is 8.78 Å². The second kappa shape index (κ2) is 5.60. The van der Waals surface area contributed by atoms with Crippen molar-refractivity contribution in [1.82, 2.24) is 9.88 Å². The van der Waals surface area contributed by atoms with Crippen LogP contribution in [0.15, 0.2) is 42.7 Å². The highest BCUT2D eigenvalue weighted by Gasteiger charge is 2.33. The van der Waals surface area contributed by atoms with Crippen molar-refractivity contribution in [2.45, 2.75) is 25.4 Å². The molecule has 3 nitrogen and oxygen atoms in total. The zero-order valence-electron chi connectivity index (χ0n) is 11.3. The van der Waals surface area contributed by atoms with E-state index in [-0.39, 0.29) is 18.5 Å². The van der Waals surface area contributed by atoms with Gasteiger partial charge < -0.3 is 4.90 Å². The van der Waals surface area contributed by atoms with Crippen molar-refractivity contribution < 1.29 is 13.6 Å². The predicted octanol–water partition coefficient (Wildman–Crippen LogP) is 3.16. The molecule has 21 heavy (non-hydrogen) atoms. The number of hydrogen-bond donors (Lipinski definition) is 0. The molecule has 1 amide bonds. The van der Waals surface area contributed by atoms with Gasteiger partial charge in [-0.15, -0.1) is 0 Å². The third-order valence-corrected chi connectivity index (χ3v) is 3.53. The van der Waals surface area contributed by atoms with Gasteiger partial charge in [0.25, 0.3) is 5.91 Å². The van der Waals surface area contributed by atoms with E-state index in [2.05, 4.69) is 4.98 Å². The second-order valence-corrected chi connectivity index (χ2v) is 5.14. The van der Waals surface area contributed by atoms with Crippen LogP contribution in [0.1, 0.15) is 28.8 Å². The molecule has 0 spiro atoms. The van der Waals surface area contributed by atoms with Crippen LogP contribution in [0.3, 0.4) is 0 Å². The summed E-state index contributed by atoms with van der Waals surface area (Å²) in [6.45, 7) is 0.151. The molecule has 1 fully saturated rings. The quantitative estimate of drug-likeness (QED) is 0.865. The summed E-state index contributed by atoms with van der Waals surface area (Å²) >= 11 is 0. The molecule has 0 bridgehead atoms. The monoisotopic (exact) mass is 288 g/mol. The standard InChI is InChI=1S/C16H14F2N2O/c17-13-2-1-12(15(18)9-13)10-20(14-3-4-14)16(21)11-5-7-19-8-6-11/h1-2,5-9,14H,3-4,10H2. The normalized spacial score (nSPS) is 14.0. The Hall–Kier alpha value is -2.30. The number of carbonyl (C=O) groups excluding carboxylic acids is 1. The molecule has 1 aliphatic carbocycles. The largest absolute Gasteiger partial charge is 0.331 e. The molecular weight excluding hydrogens is 274 g/mol. The summed E-state index contributed by atoms with van der Waals surface area (Å²) in [7, 11) is 0. The van der Waals surface area contributed by atoms with Gasteiger partial charge in [0.05, 0.1) is 0 Å². The Morgan fingerprint density at radius 2 is 1.90 bits per heavy atom. The minimum absolute atomic E-state index is 0.134. The lowest BCUT2D eigenvalue weighted by Crippen LogP contribution is -2.33. The van der Waals surface area contributed by atoms with Gasteiger partial charge >= 0.3 is 0 Å². The minimum Gasteiger partial charge on any atom is -0.331 e. The van der Waals surface area contributed by atoms with E-state index in [1.807, 2.05) is 0 Å². The van der Waals surface area contributed by atoms with Crippen molar-refractivity contribution in [3.05, 3.63) is 65.5 Å². The van der Waals surface area contributed by atoms with Gasteiger partial charge in [0, 0.05) is 42.2 Å². The molecule has 108 valence electrons. The molecule has 3 rings (SSSR count). The van der Waals surface area contributed by atoms with Crippen LogP contribution in [-0.4, -0.2) is 21.8 Å². The number of halogens is 2. The fourth-order valence-electron chi connectivity index (χ4n) is 2.25. The van der Waals surface area contributed by atoms with Gasteiger partial charge in [-0.1, -0.05) is 6.07 Å². The molecule has 2 aromatic rings. The SMILES string of the molecule is O=C(c1ccncc1)N(Cc1ccc(F)cc1F)C1CC1. The summed E-state index contributed by atoms with van der Waals surface area (Å²) < 4.78 is 26.7. The maximum Gasteiger partial charge on any atom is 0.254 e. The lowest BCUT2D eigenvalue weighted by atomic mass is 10.1. The highest BCUT2D eigenvalue weighted by atomic mass is 19.1. The third kappa shape index (κ3) is 3.07. The Kier molecular flexibility index (Phi) is 3.64. The fraction of sp³-hybridized carbons (Fsp3) is 0.250. The molecule has 0 radical (unpaired) electrons. The van der Waals surface area contributed by atoms with Crippen LogP contribution in [-0.2, 0) is 6.54 Å². The van der Waals surface area contributed by atoms with Crippen LogP contribution < -0.4 is 0 Å². The molecule has 1 heterocycles. The Morgan fingerprint density at radius 1 is 1.19 bits per heavy atom. The van der Waals surface area contributed by atoms with Crippen LogP contribution >= 0.6 is 0 Å². The summed E-state index contributed by atoms with van der Waals surface area (Å²) in [4.78, 5) is 18.0. The maximum atomic E-state index is 13.8. The van der Waals surface area contributed by atoms with Crippen LogP contribution in [0, 0.1) is 11.6 Å². The van der Waals surface area contributed by atoms with E-state index in [4.69, 9.17) is 0 Å². The van der Waals surface area contributed by atoms with Gasteiger partial charge in [-0.05, 0) is 31.0 Å². The maximum absolute atomic E-state index is 13.8. The number of amides is 1. The average Bonchev–Trinajstić information content (AvgIpc) is 3.31. The molecular formula is C16H14F2N2O. The van der Waals surface area contributed by atoms with Gasteiger partial charge in [0.15, 0.2) is 0 Å². The number of nitrogens with zero attached hydrogens (tertiary/aromatic N) is 2. The van der Waals surface area contributed by atoms with Crippen molar-refractivity contribution >= 4 is 5.91 Å². The van der Waals surface area contributed by atoms with Gasteiger partial charge in [-0.2, -0.15) is 0 Å². The van der Waals surface area contributed by atoms with Crippen LogP contribution in [0.2, 0.25) is 0 Å². The summed E-state index contributed by atoms with van der Waals surface area (Å²) in [5.74, 6) is -1.39. The molecule has 1 aromatic heterocycles. The molecule has 1 aromatic carbocycles. The van der Waals surface area contributed by atoms with E-state index in [0.717, 1.165) is 18.9 Å². The smallest absolute Gasteiger partial charge is 0.254 e. The van der Waals surface area contributed by atoms with Crippen molar-refractivity contribution in [2.75, 3.05) is 0 Å². The average molecular weight is 288 g/mol. The van der Waals surface area contributed by atoms with Crippen molar-refractivity contribution in [2.24, 2.45) is 0 Å². The van der Waals surface area contributed by atoms with Crippen LogP contribution in [0.25, 0.3) is 0 Å². The number of benzene rings is 1. The highest BCUT2D eigenvalue weighted by molar-refractivity contribution is 5.94. The Balaban J connectivity index is 1.84. The molecule has 5 heteroatoms. The van der Waals surface area contributed by atoms with Crippen molar-refractivity contribution in [3.63, 3.8) is 0 Å². The molecule has 0 aliphatic heterocycles. The van der Waals surface area contributed by atoms with E-state index in [0.29, 0.717) is 11.1 Å².